The van der Waals surface area contributed by atoms with Gasteiger partial charge in [-0.3, -0.25) is 0 Å². The number of aromatic nitrogens is 5. The summed E-state index contributed by atoms with van der Waals surface area (Å²) >= 11 is 0. The third-order valence-electron chi connectivity index (χ3n) is 5.31. The predicted octanol–water partition coefficient (Wildman–Crippen LogP) is 3.07. The van der Waals surface area contributed by atoms with Crippen LogP contribution in [0.1, 0.15) is 11.3 Å². The van der Waals surface area contributed by atoms with E-state index in [4.69, 9.17) is 16.2 Å². The van der Waals surface area contributed by atoms with Crippen LogP contribution in [0.4, 0.5) is 5.82 Å². The second-order valence-electron chi connectivity index (χ2n) is 7.10. The van der Waals surface area contributed by atoms with Crippen molar-refractivity contribution in [3.63, 3.8) is 0 Å². The molecule has 0 spiro atoms. The minimum Gasteiger partial charge on any atom is -0.497 e. The number of ether oxygens (including phenoxy) is 1. The van der Waals surface area contributed by atoms with Crippen molar-refractivity contribution < 1.29 is 4.74 Å². The Kier molecular flexibility index (Phi) is 4.33. The number of benzene rings is 2. The van der Waals surface area contributed by atoms with Gasteiger partial charge in [0.2, 0.25) is 0 Å². The highest BCUT2D eigenvalue weighted by Gasteiger charge is 2.14. The Bertz CT molecular complexity index is 1370. The molecule has 0 amide bonds. The summed E-state index contributed by atoms with van der Waals surface area (Å²) in [6.45, 7) is 1.02. The van der Waals surface area contributed by atoms with Gasteiger partial charge in [-0.05, 0) is 34.9 Å². The highest BCUT2D eigenvalue weighted by molar-refractivity contribution is 5.97. The first-order chi connectivity index (χ1) is 14.7. The maximum absolute atomic E-state index is 5.93. The number of hydrogen-bond donors (Lipinski definition) is 3. The topological polar surface area (TPSA) is 121 Å². The van der Waals surface area contributed by atoms with Gasteiger partial charge in [0.05, 0.1) is 25.5 Å². The van der Waals surface area contributed by atoms with Crippen LogP contribution >= 0.6 is 0 Å². The molecule has 5 aromatic rings. The molecule has 0 fully saturated rings. The van der Waals surface area contributed by atoms with Crippen LogP contribution in [0.25, 0.3) is 33.2 Å². The summed E-state index contributed by atoms with van der Waals surface area (Å²) in [6, 6.07) is 14.4. The van der Waals surface area contributed by atoms with Crippen LogP contribution < -0.4 is 16.2 Å². The molecule has 0 atom stereocenters. The number of nitrogens with two attached hydrogens (primary N) is 2. The van der Waals surface area contributed by atoms with E-state index in [1.165, 1.54) is 6.33 Å². The quantitative estimate of drug-likeness (QED) is 0.418. The Balaban J connectivity index is 1.64. The maximum Gasteiger partial charge on any atom is 0.165 e. The largest absolute Gasteiger partial charge is 0.497 e. The number of H-pyrrole nitrogens is 1. The summed E-state index contributed by atoms with van der Waals surface area (Å²) in [5.41, 5.74) is 18.5. The second-order valence-corrected chi connectivity index (χ2v) is 7.10. The number of aromatic amines is 1. The molecule has 0 aliphatic rings. The highest BCUT2D eigenvalue weighted by atomic mass is 16.5. The molecule has 30 heavy (non-hydrogen) atoms. The van der Waals surface area contributed by atoms with Crippen LogP contribution in [0.15, 0.2) is 55.1 Å². The maximum atomic E-state index is 5.93. The number of nitrogens with zero attached hydrogens (tertiary/aromatic N) is 4. The van der Waals surface area contributed by atoms with Crippen molar-refractivity contribution in [1.82, 2.24) is 24.5 Å². The van der Waals surface area contributed by atoms with Crippen LogP contribution in [-0.2, 0) is 13.1 Å². The first-order valence-corrected chi connectivity index (χ1v) is 9.57. The Hall–Kier alpha value is -3.91. The van der Waals surface area contributed by atoms with Crippen molar-refractivity contribution in [3.8, 4) is 16.9 Å². The molecule has 8 heteroatoms. The number of imidazole rings is 1. The molecule has 0 saturated heterocycles. The van der Waals surface area contributed by atoms with Crippen LogP contribution in [0.2, 0.25) is 0 Å². The summed E-state index contributed by atoms with van der Waals surface area (Å²) in [4.78, 5) is 16.2. The second kappa shape index (κ2) is 7.16. The Labute approximate surface area is 172 Å². The van der Waals surface area contributed by atoms with Crippen molar-refractivity contribution in [3.05, 3.63) is 66.4 Å². The third kappa shape index (κ3) is 2.94. The van der Waals surface area contributed by atoms with E-state index in [0.29, 0.717) is 30.1 Å². The van der Waals surface area contributed by atoms with Gasteiger partial charge >= 0.3 is 0 Å². The molecule has 5 rings (SSSR count). The zero-order valence-corrected chi connectivity index (χ0v) is 16.5. The lowest BCUT2D eigenvalue weighted by Crippen LogP contribution is -2.02. The van der Waals surface area contributed by atoms with Crippen LogP contribution in [0.3, 0.4) is 0 Å². The van der Waals surface area contributed by atoms with Crippen molar-refractivity contribution in [2.75, 3.05) is 12.8 Å². The average Bonchev–Trinajstić information content (AvgIpc) is 3.39. The lowest BCUT2D eigenvalue weighted by molar-refractivity contribution is 0.415. The van der Waals surface area contributed by atoms with Crippen LogP contribution in [-0.4, -0.2) is 31.6 Å². The lowest BCUT2D eigenvalue weighted by Gasteiger charge is -2.10. The molecule has 0 unspecified atom stereocenters. The summed E-state index contributed by atoms with van der Waals surface area (Å²) in [7, 11) is 1.67. The Morgan fingerprint density at radius 2 is 2.00 bits per heavy atom. The average molecular weight is 399 g/mol. The Morgan fingerprint density at radius 3 is 2.83 bits per heavy atom. The zero-order chi connectivity index (χ0) is 20.7. The molecule has 0 saturated carbocycles. The lowest BCUT2D eigenvalue weighted by atomic mass is 9.98. The summed E-state index contributed by atoms with van der Waals surface area (Å²) < 4.78 is 7.37. The number of methoxy groups -OCH3 is 1. The predicted molar refractivity (Wildman–Crippen MR) is 117 cm³/mol. The van der Waals surface area contributed by atoms with Gasteiger partial charge in [0, 0.05) is 17.6 Å². The van der Waals surface area contributed by atoms with E-state index in [0.717, 1.165) is 39.0 Å². The van der Waals surface area contributed by atoms with Gasteiger partial charge in [-0.1, -0.05) is 24.3 Å². The van der Waals surface area contributed by atoms with Crippen LogP contribution in [0, 0.1) is 0 Å². The van der Waals surface area contributed by atoms with E-state index in [2.05, 4.69) is 44.2 Å². The van der Waals surface area contributed by atoms with E-state index < -0.39 is 0 Å². The number of anilines is 1. The molecule has 5 N–H and O–H groups in total. The van der Waals surface area contributed by atoms with Gasteiger partial charge in [-0.2, -0.15) is 0 Å². The fraction of sp³-hybridized carbons (Fsp3) is 0.136. The van der Waals surface area contributed by atoms with Crippen LogP contribution in [0.5, 0.6) is 5.75 Å². The monoisotopic (exact) mass is 399 g/mol. The fourth-order valence-corrected chi connectivity index (χ4v) is 3.82. The number of nitrogens with one attached hydrogen (secondary N) is 1. The van der Waals surface area contributed by atoms with E-state index in [9.17, 15) is 0 Å². The van der Waals surface area contributed by atoms with Gasteiger partial charge in [-0.15, -0.1) is 0 Å². The number of rotatable bonds is 5. The zero-order valence-electron chi connectivity index (χ0n) is 16.5. The molecule has 0 radical (unpaired) electrons. The fourth-order valence-electron chi connectivity index (χ4n) is 3.82. The molecule has 2 aromatic carbocycles. The van der Waals surface area contributed by atoms with Crippen molar-refractivity contribution >= 4 is 27.9 Å². The smallest absolute Gasteiger partial charge is 0.165 e. The molecule has 0 aliphatic carbocycles. The van der Waals surface area contributed by atoms with Gasteiger partial charge < -0.3 is 25.8 Å². The SMILES string of the molecule is COc1cccc(-c2ccc(Cn3cnc4c(N)ncnc43)c3[nH]c(CN)cc23)c1. The summed E-state index contributed by atoms with van der Waals surface area (Å²) in [5.74, 6) is 1.20. The van der Waals surface area contributed by atoms with Gasteiger partial charge in [0.25, 0.3) is 0 Å². The van der Waals surface area contributed by atoms with Crippen molar-refractivity contribution in [1.29, 1.82) is 0 Å². The molecule has 8 nitrogen and oxygen atoms in total. The molecule has 150 valence electrons. The molecular weight excluding hydrogens is 378 g/mol. The molecule has 3 heterocycles. The minimum absolute atomic E-state index is 0.377. The van der Waals surface area contributed by atoms with E-state index in [-0.39, 0.29) is 0 Å². The highest BCUT2D eigenvalue weighted by Crippen LogP contribution is 2.33. The third-order valence-corrected chi connectivity index (χ3v) is 5.31. The molecule has 0 aliphatic heterocycles. The molecular formula is C22H21N7O. The molecule has 0 bridgehead atoms. The first-order valence-electron chi connectivity index (χ1n) is 9.57. The first kappa shape index (κ1) is 18.1. The van der Waals surface area contributed by atoms with Gasteiger partial charge in [-0.25, -0.2) is 15.0 Å². The summed E-state index contributed by atoms with van der Waals surface area (Å²) in [6.07, 6.45) is 3.20. The van der Waals surface area contributed by atoms with Gasteiger partial charge in [0.1, 0.15) is 17.6 Å². The standard InChI is InChI=1S/C22H21N7O/c1-30-16-4-2-3-13(7-16)17-6-5-14(19-18(17)8-15(9-23)28-19)10-29-12-27-20-21(24)25-11-26-22(20)29/h2-8,11-12,28H,9-10,23H2,1H3,(H2,24,25,26). The number of hydrogen-bond acceptors (Lipinski definition) is 6. The Morgan fingerprint density at radius 1 is 1.10 bits per heavy atom. The minimum atomic E-state index is 0.377. The van der Waals surface area contributed by atoms with Crippen molar-refractivity contribution in [2.45, 2.75) is 13.1 Å². The van der Waals surface area contributed by atoms with Crippen molar-refractivity contribution in [2.24, 2.45) is 5.73 Å². The number of fused-ring (bicyclic) bond motifs is 2. The van der Waals surface area contributed by atoms with Gasteiger partial charge in [0.15, 0.2) is 11.5 Å². The number of nitrogen functional groups attached to an aromatic ring is 1. The normalized spacial score (nSPS) is 11.4. The van der Waals surface area contributed by atoms with E-state index in [1.54, 1.807) is 13.4 Å². The molecule has 3 aromatic heterocycles. The summed E-state index contributed by atoms with van der Waals surface area (Å²) in [5, 5.41) is 1.11. The van der Waals surface area contributed by atoms with E-state index in [1.807, 2.05) is 22.8 Å². The van der Waals surface area contributed by atoms with E-state index >= 15 is 0 Å².